The lowest BCUT2D eigenvalue weighted by atomic mass is 10.0. The molecule has 1 heterocycles. The Hall–Kier alpha value is -2.01. The molecule has 0 saturated carbocycles. The lowest BCUT2D eigenvalue weighted by molar-refractivity contribution is 0.0975. The van der Waals surface area contributed by atoms with E-state index in [0.717, 1.165) is 15.7 Å². The van der Waals surface area contributed by atoms with Crippen LogP contribution in [0.15, 0.2) is 71.2 Å². The van der Waals surface area contributed by atoms with Crippen molar-refractivity contribution in [3.8, 4) is 0 Å². The molecular formula is C20H13BrCl2N2O. The molecule has 1 N–H and O–H groups in total. The molecule has 3 nitrogen and oxygen atoms in total. The van der Waals surface area contributed by atoms with Gasteiger partial charge < -0.3 is 5.32 Å². The van der Waals surface area contributed by atoms with E-state index in [0.29, 0.717) is 21.3 Å². The van der Waals surface area contributed by atoms with Crippen molar-refractivity contribution in [2.45, 2.75) is 6.17 Å². The quantitative estimate of drug-likeness (QED) is 0.484. The van der Waals surface area contributed by atoms with Gasteiger partial charge in [-0.3, -0.25) is 9.69 Å². The van der Waals surface area contributed by atoms with Crippen molar-refractivity contribution in [3.05, 3.63) is 92.4 Å². The SMILES string of the molecule is O=C1c2ccccc2N[C@H](c2cccc(Br)c2)N1c1ccc(Cl)c(Cl)c1. The largest absolute Gasteiger partial charge is 0.360 e. The minimum atomic E-state index is -0.368. The van der Waals surface area contributed by atoms with E-state index in [9.17, 15) is 4.79 Å². The number of nitrogens with zero attached hydrogens (tertiary/aromatic N) is 1. The van der Waals surface area contributed by atoms with Crippen LogP contribution in [0, 0.1) is 0 Å². The molecule has 0 unspecified atom stereocenters. The molecule has 0 fully saturated rings. The molecule has 4 rings (SSSR count). The molecule has 1 amide bonds. The molecule has 3 aromatic rings. The third kappa shape index (κ3) is 3.09. The van der Waals surface area contributed by atoms with Crippen molar-refractivity contribution >= 4 is 56.4 Å². The summed E-state index contributed by atoms with van der Waals surface area (Å²) in [4.78, 5) is 15.0. The Balaban J connectivity index is 1.88. The summed E-state index contributed by atoms with van der Waals surface area (Å²) in [5.41, 5.74) is 3.05. The third-order valence-electron chi connectivity index (χ3n) is 4.27. The van der Waals surface area contributed by atoms with Crippen LogP contribution in [0.3, 0.4) is 0 Å². The van der Waals surface area contributed by atoms with Crippen molar-refractivity contribution in [2.24, 2.45) is 0 Å². The molecule has 1 aliphatic rings. The van der Waals surface area contributed by atoms with E-state index in [1.807, 2.05) is 48.5 Å². The molecule has 130 valence electrons. The molecular weight excluding hydrogens is 435 g/mol. The minimum Gasteiger partial charge on any atom is -0.360 e. The molecule has 0 saturated heterocycles. The van der Waals surface area contributed by atoms with Crippen molar-refractivity contribution < 1.29 is 4.79 Å². The molecule has 0 bridgehead atoms. The Labute approximate surface area is 169 Å². The molecule has 0 spiro atoms. The number of carbonyl (C=O) groups excluding carboxylic acids is 1. The summed E-state index contributed by atoms with van der Waals surface area (Å²) in [6.45, 7) is 0. The Kier molecular flexibility index (Phi) is 4.65. The average molecular weight is 448 g/mol. The van der Waals surface area contributed by atoms with Gasteiger partial charge in [0.15, 0.2) is 0 Å². The van der Waals surface area contributed by atoms with Crippen LogP contribution >= 0.6 is 39.1 Å². The summed E-state index contributed by atoms with van der Waals surface area (Å²) in [6.07, 6.45) is -0.368. The fourth-order valence-corrected chi connectivity index (χ4v) is 3.77. The fraction of sp³-hybridized carbons (Fsp3) is 0.0500. The number of hydrogen-bond donors (Lipinski definition) is 1. The highest BCUT2D eigenvalue weighted by atomic mass is 79.9. The number of rotatable bonds is 2. The van der Waals surface area contributed by atoms with Crippen LogP contribution < -0.4 is 10.2 Å². The molecule has 1 aliphatic heterocycles. The van der Waals surface area contributed by atoms with Gasteiger partial charge in [-0.15, -0.1) is 0 Å². The normalized spacial score (nSPS) is 16.2. The van der Waals surface area contributed by atoms with Gasteiger partial charge in [-0.1, -0.05) is 63.4 Å². The van der Waals surface area contributed by atoms with E-state index in [2.05, 4.69) is 21.2 Å². The maximum absolute atomic E-state index is 13.3. The number of halogens is 3. The Morgan fingerprint density at radius 3 is 2.50 bits per heavy atom. The molecule has 26 heavy (non-hydrogen) atoms. The standard InChI is InChI=1S/C20H13BrCl2N2O/c21-13-5-3-4-12(10-13)19-24-18-7-2-1-6-15(18)20(26)25(19)14-8-9-16(22)17(23)11-14/h1-11,19,24H/t19-/m0/s1. The number of fused-ring (bicyclic) bond motifs is 1. The molecule has 0 aromatic heterocycles. The van der Waals surface area contributed by atoms with Gasteiger partial charge in [0.25, 0.3) is 5.91 Å². The summed E-state index contributed by atoms with van der Waals surface area (Å²) in [6, 6.07) is 20.6. The first-order chi connectivity index (χ1) is 12.5. The predicted molar refractivity (Wildman–Crippen MR) is 110 cm³/mol. The van der Waals surface area contributed by atoms with Crippen LogP contribution in [-0.4, -0.2) is 5.91 Å². The number of para-hydroxylation sites is 1. The molecule has 3 aromatic carbocycles. The van der Waals surface area contributed by atoms with Gasteiger partial charge in [-0.2, -0.15) is 0 Å². The zero-order valence-electron chi connectivity index (χ0n) is 13.4. The van der Waals surface area contributed by atoms with Crippen LogP contribution in [0.2, 0.25) is 10.0 Å². The fourth-order valence-electron chi connectivity index (χ4n) is 3.06. The van der Waals surface area contributed by atoms with E-state index < -0.39 is 0 Å². The first-order valence-electron chi connectivity index (χ1n) is 7.94. The third-order valence-corrected chi connectivity index (χ3v) is 5.50. The Bertz CT molecular complexity index is 1010. The summed E-state index contributed by atoms with van der Waals surface area (Å²) >= 11 is 15.8. The van der Waals surface area contributed by atoms with Gasteiger partial charge in [0, 0.05) is 15.8 Å². The van der Waals surface area contributed by atoms with Crippen LogP contribution in [-0.2, 0) is 0 Å². The Morgan fingerprint density at radius 1 is 0.923 bits per heavy atom. The molecule has 1 atom stereocenters. The minimum absolute atomic E-state index is 0.0947. The lowest BCUT2D eigenvalue weighted by Gasteiger charge is -2.38. The van der Waals surface area contributed by atoms with Gasteiger partial charge in [0.05, 0.1) is 15.6 Å². The second kappa shape index (κ2) is 6.95. The number of carbonyl (C=O) groups is 1. The highest BCUT2D eigenvalue weighted by molar-refractivity contribution is 9.10. The van der Waals surface area contributed by atoms with E-state index in [1.165, 1.54) is 0 Å². The highest BCUT2D eigenvalue weighted by Gasteiger charge is 2.34. The van der Waals surface area contributed by atoms with Crippen LogP contribution in [0.5, 0.6) is 0 Å². The summed E-state index contributed by atoms with van der Waals surface area (Å²) in [7, 11) is 0. The van der Waals surface area contributed by atoms with E-state index in [4.69, 9.17) is 23.2 Å². The van der Waals surface area contributed by atoms with Crippen molar-refractivity contribution in [2.75, 3.05) is 10.2 Å². The highest BCUT2D eigenvalue weighted by Crippen LogP contribution is 2.38. The molecule has 6 heteroatoms. The van der Waals surface area contributed by atoms with Crippen LogP contribution in [0.1, 0.15) is 22.1 Å². The van der Waals surface area contributed by atoms with Crippen LogP contribution in [0.4, 0.5) is 11.4 Å². The van der Waals surface area contributed by atoms with E-state index in [1.54, 1.807) is 23.1 Å². The van der Waals surface area contributed by atoms with Gasteiger partial charge in [-0.25, -0.2) is 0 Å². The van der Waals surface area contributed by atoms with Crippen molar-refractivity contribution in [1.29, 1.82) is 0 Å². The summed E-state index contributed by atoms with van der Waals surface area (Å²) in [5.74, 6) is -0.0947. The maximum atomic E-state index is 13.3. The topological polar surface area (TPSA) is 32.3 Å². The summed E-state index contributed by atoms with van der Waals surface area (Å²) in [5, 5.41) is 4.32. The van der Waals surface area contributed by atoms with E-state index in [-0.39, 0.29) is 12.1 Å². The molecule has 0 radical (unpaired) electrons. The van der Waals surface area contributed by atoms with Crippen molar-refractivity contribution in [3.63, 3.8) is 0 Å². The maximum Gasteiger partial charge on any atom is 0.262 e. The molecule has 0 aliphatic carbocycles. The second-order valence-corrected chi connectivity index (χ2v) is 7.65. The lowest BCUT2D eigenvalue weighted by Crippen LogP contribution is -2.43. The number of nitrogens with one attached hydrogen (secondary N) is 1. The Morgan fingerprint density at radius 2 is 1.73 bits per heavy atom. The summed E-state index contributed by atoms with van der Waals surface area (Å²) < 4.78 is 0.942. The number of amides is 1. The first-order valence-corrected chi connectivity index (χ1v) is 9.49. The number of hydrogen-bond acceptors (Lipinski definition) is 2. The zero-order chi connectivity index (χ0) is 18.3. The second-order valence-electron chi connectivity index (χ2n) is 5.92. The van der Waals surface area contributed by atoms with Gasteiger partial charge in [0.1, 0.15) is 6.17 Å². The first kappa shape index (κ1) is 17.4. The van der Waals surface area contributed by atoms with Crippen molar-refractivity contribution in [1.82, 2.24) is 0 Å². The monoisotopic (exact) mass is 446 g/mol. The zero-order valence-corrected chi connectivity index (χ0v) is 16.5. The smallest absolute Gasteiger partial charge is 0.262 e. The average Bonchev–Trinajstić information content (AvgIpc) is 2.64. The number of anilines is 2. The van der Waals surface area contributed by atoms with Gasteiger partial charge in [-0.05, 0) is 48.0 Å². The number of benzene rings is 3. The predicted octanol–water partition coefficient (Wildman–Crippen LogP) is 6.53. The van der Waals surface area contributed by atoms with Crippen LogP contribution in [0.25, 0.3) is 0 Å². The van der Waals surface area contributed by atoms with Gasteiger partial charge >= 0.3 is 0 Å². The van der Waals surface area contributed by atoms with Gasteiger partial charge in [0.2, 0.25) is 0 Å². The van der Waals surface area contributed by atoms with E-state index >= 15 is 0 Å².